The smallest absolute Gasteiger partial charge is 0.137 e. The topological polar surface area (TPSA) is 43.3 Å². The zero-order valence-corrected chi connectivity index (χ0v) is 12.4. The van der Waals surface area contributed by atoms with Crippen LogP contribution < -0.4 is 5.73 Å². The highest BCUT2D eigenvalue weighted by molar-refractivity contribution is 6.42. The number of benzene rings is 1. The molecule has 20 heavy (non-hydrogen) atoms. The summed E-state index contributed by atoms with van der Waals surface area (Å²) < 4.78 is 2.04. The Morgan fingerprint density at radius 1 is 1.15 bits per heavy atom. The molecule has 0 saturated heterocycles. The van der Waals surface area contributed by atoms with E-state index >= 15 is 0 Å². The van der Waals surface area contributed by atoms with Crippen LogP contribution in [-0.4, -0.2) is 9.38 Å². The molecule has 102 valence electrons. The number of halogens is 2. The van der Waals surface area contributed by atoms with Crippen LogP contribution in [0.5, 0.6) is 0 Å². The minimum absolute atomic E-state index is 0.510. The number of pyridine rings is 1. The average molecular weight is 306 g/mol. The van der Waals surface area contributed by atoms with Crippen molar-refractivity contribution in [3.8, 4) is 11.3 Å². The molecular formula is C15H13Cl2N3. The summed E-state index contributed by atoms with van der Waals surface area (Å²) in [6, 6.07) is 9.50. The molecule has 2 heterocycles. The molecule has 0 amide bonds. The van der Waals surface area contributed by atoms with E-state index in [1.54, 1.807) is 6.07 Å². The van der Waals surface area contributed by atoms with Crippen molar-refractivity contribution in [1.29, 1.82) is 0 Å². The maximum atomic E-state index is 6.08. The van der Waals surface area contributed by atoms with Crippen molar-refractivity contribution in [2.24, 2.45) is 5.73 Å². The number of aryl methyl sites for hydroxylation is 1. The van der Waals surface area contributed by atoms with Gasteiger partial charge in [0.2, 0.25) is 0 Å². The highest BCUT2D eigenvalue weighted by atomic mass is 35.5. The van der Waals surface area contributed by atoms with Crippen molar-refractivity contribution in [3.05, 3.63) is 57.8 Å². The molecule has 2 aromatic heterocycles. The predicted molar refractivity (Wildman–Crippen MR) is 83.3 cm³/mol. The lowest BCUT2D eigenvalue weighted by molar-refractivity contribution is 1.01. The van der Waals surface area contributed by atoms with Crippen LogP contribution in [0.25, 0.3) is 16.9 Å². The van der Waals surface area contributed by atoms with Gasteiger partial charge in [-0.15, -0.1) is 0 Å². The fourth-order valence-electron chi connectivity index (χ4n) is 2.24. The van der Waals surface area contributed by atoms with Gasteiger partial charge < -0.3 is 10.1 Å². The van der Waals surface area contributed by atoms with Crippen molar-refractivity contribution in [2.45, 2.75) is 13.5 Å². The lowest BCUT2D eigenvalue weighted by Gasteiger charge is -2.02. The second-order valence-corrected chi connectivity index (χ2v) is 5.46. The number of rotatable bonds is 2. The highest BCUT2D eigenvalue weighted by Gasteiger charge is 2.11. The Morgan fingerprint density at radius 2 is 1.95 bits per heavy atom. The molecule has 3 rings (SSSR count). The Kier molecular flexibility index (Phi) is 3.42. The van der Waals surface area contributed by atoms with Crippen LogP contribution in [0, 0.1) is 6.92 Å². The van der Waals surface area contributed by atoms with Crippen molar-refractivity contribution < 1.29 is 0 Å². The third-order valence-corrected chi connectivity index (χ3v) is 4.09. The molecule has 0 aliphatic carbocycles. The number of fused-ring (bicyclic) bond motifs is 1. The lowest BCUT2D eigenvalue weighted by atomic mass is 10.1. The summed E-state index contributed by atoms with van der Waals surface area (Å²) in [5.74, 6) is 0. The number of imidazole rings is 1. The molecule has 5 heteroatoms. The van der Waals surface area contributed by atoms with Gasteiger partial charge in [0, 0.05) is 24.0 Å². The van der Waals surface area contributed by atoms with Gasteiger partial charge in [-0.2, -0.15) is 0 Å². The summed E-state index contributed by atoms with van der Waals surface area (Å²) in [4.78, 5) is 4.65. The molecular weight excluding hydrogens is 293 g/mol. The van der Waals surface area contributed by atoms with E-state index < -0.39 is 0 Å². The largest absolute Gasteiger partial charge is 0.326 e. The Balaban J connectivity index is 2.21. The van der Waals surface area contributed by atoms with Crippen molar-refractivity contribution in [2.75, 3.05) is 0 Å². The third-order valence-electron chi connectivity index (χ3n) is 3.35. The van der Waals surface area contributed by atoms with Gasteiger partial charge in [-0.05, 0) is 30.7 Å². The van der Waals surface area contributed by atoms with Gasteiger partial charge in [-0.25, -0.2) is 4.98 Å². The molecule has 1 aromatic carbocycles. The Hall–Kier alpha value is -1.55. The van der Waals surface area contributed by atoms with Crippen LogP contribution in [0.2, 0.25) is 10.0 Å². The summed E-state index contributed by atoms with van der Waals surface area (Å²) in [6.45, 7) is 2.54. The molecule has 0 radical (unpaired) electrons. The van der Waals surface area contributed by atoms with Crippen LogP contribution in [-0.2, 0) is 6.54 Å². The van der Waals surface area contributed by atoms with Gasteiger partial charge >= 0.3 is 0 Å². The molecule has 2 N–H and O–H groups in total. The molecule has 0 bridgehead atoms. The molecule has 0 unspecified atom stereocenters. The molecule has 0 spiro atoms. The Morgan fingerprint density at radius 3 is 2.65 bits per heavy atom. The summed E-state index contributed by atoms with van der Waals surface area (Å²) in [7, 11) is 0. The number of nitrogens with two attached hydrogens (primary N) is 1. The van der Waals surface area contributed by atoms with E-state index in [1.807, 2.05) is 41.8 Å². The van der Waals surface area contributed by atoms with E-state index in [-0.39, 0.29) is 0 Å². The first kappa shape index (κ1) is 13.4. The average Bonchev–Trinajstić information content (AvgIpc) is 2.79. The van der Waals surface area contributed by atoms with Gasteiger partial charge in [0.1, 0.15) is 5.65 Å². The summed E-state index contributed by atoms with van der Waals surface area (Å²) in [5, 5.41) is 1.07. The monoisotopic (exact) mass is 305 g/mol. The first-order valence-electron chi connectivity index (χ1n) is 6.23. The van der Waals surface area contributed by atoms with Gasteiger partial charge in [0.05, 0.1) is 15.7 Å². The standard InChI is InChI=1S/C15H13Cl2N3/c1-9-15(11-3-4-12(16)13(17)6-11)19-14-5-2-10(7-18)8-20(9)14/h2-6,8H,7,18H2,1H3. The van der Waals surface area contributed by atoms with Crippen LogP contribution in [0.4, 0.5) is 0 Å². The van der Waals surface area contributed by atoms with E-state index in [2.05, 4.69) is 4.98 Å². The van der Waals surface area contributed by atoms with Gasteiger partial charge in [0.25, 0.3) is 0 Å². The minimum atomic E-state index is 0.510. The molecule has 0 aliphatic heterocycles. The molecule has 3 aromatic rings. The molecule has 0 fully saturated rings. The van der Waals surface area contributed by atoms with Gasteiger partial charge in [-0.1, -0.05) is 35.3 Å². The van der Waals surface area contributed by atoms with Crippen LogP contribution >= 0.6 is 23.2 Å². The Bertz CT molecular complexity index is 793. The molecule has 0 atom stereocenters. The highest BCUT2D eigenvalue weighted by Crippen LogP contribution is 2.30. The van der Waals surface area contributed by atoms with Crippen molar-refractivity contribution in [3.63, 3.8) is 0 Å². The lowest BCUT2D eigenvalue weighted by Crippen LogP contribution is -1.98. The number of hydrogen-bond acceptors (Lipinski definition) is 2. The van der Waals surface area contributed by atoms with E-state index in [0.717, 1.165) is 28.2 Å². The zero-order chi connectivity index (χ0) is 14.3. The number of aromatic nitrogens is 2. The van der Waals surface area contributed by atoms with Crippen LogP contribution in [0.15, 0.2) is 36.5 Å². The summed E-state index contributed by atoms with van der Waals surface area (Å²) in [5.41, 5.74) is 10.5. The first-order chi connectivity index (χ1) is 9.60. The fraction of sp³-hybridized carbons (Fsp3) is 0.133. The molecule has 0 aliphatic rings. The van der Waals surface area contributed by atoms with Crippen LogP contribution in [0.3, 0.4) is 0 Å². The van der Waals surface area contributed by atoms with Crippen LogP contribution in [0.1, 0.15) is 11.3 Å². The van der Waals surface area contributed by atoms with Crippen molar-refractivity contribution in [1.82, 2.24) is 9.38 Å². The second-order valence-electron chi connectivity index (χ2n) is 4.64. The number of hydrogen-bond donors (Lipinski definition) is 1. The van der Waals surface area contributed by atoms with E-state index in [4.69, 9.17) is 28.9 Å². The molecule has 3 nitrogen and oxygen atoms in total. The van der Waals surface area contributed by atoms with E-state index in [9.17, 15) is 0 Å². The first-order valence-corrected chi connectivity index (χ1v) is 6.99. The Labute approximate surface area is 127 Å². The van der Waals surface area contributed by atoms with E-state index in [1.165, 1.54) is 0 Å². The quantitative estimate of drug-likeness (QED) is 0.775. The van der Waals surface area contributed by atoms with E-state index in [0.29, 0.717) is 16.6 Å². The maximum Gasteiger partial charge on any atom is 0.137 e. The van der Waals surface area contributed by atoms with Crippen molar-refractivity contribution >= 4 is 28.8 Å². The third kappa shape index (κ3) is 2.18. The SMILES string of the molecule is Cc1c(-c2ccc(Cl)c(Cl)c2)nc2ccc(CN)cn12. The van der Waals surface area contributed by atoms with Gasteiger partial charge in [0.15, 0.2) is 0 Å². The molecule has 0 saturated carbocycles. The summed E-state index contributed by atoms with van der Waals surface area (Å²) in [6.07, 6.45) is 2.01. The second kappa shape index (κ2) is 5.09. The fourth-order valence-corrected chi connectivity index (χ4v) is 2.54. The maximum absolute atomic E-state index is 6.08. The number of nitrogens with zero attached hydrogens (tertiary/aromatic N) is 2. The predicted octanol–water partition coefficient (Wildman–Crippen LogP) is 4.08. The zero-order valence-electron chi connectivity index (χ0n) is 10.9. The van der Waals surface area contributed by atoms with Gasteiger partial charge in [-0.3, -0.25) is 0 Å². The summed E-state index contributed by atoms with van der Waals surface area (Å²) >= 11 is 12.0. The normalized spacial score (nSPS) is 11.2. The minimum Gasteiger partial charge on any atom is -0.326 e.